The number of carbonyl (C=O) groups is 1. The van der Waals surface area contributed by atoms with E-state index < -0.39 is 11.9 Å². The van der Waals surface area contributed by atoms with Crippen molar-refractivity contribution in [1.29, 1.82) is 0 Å². The number of aliphatic hydroxyl groups is 1. The molecule has 0 amide bonds. The van der Waals surface area contributed by atoms with Gasteiger partial charge in [0.1, 0.15) is 6.10 Å². The van der Waals surface area contributed by atoms with Crippen LogP contribution in [0.1, 0.15) is 22.8 Å². The fourth-order valence-corrected chi connectivity index (χ4v) is 2.92. The van der Waals surface area contributed by atoms with Crippen LogP contribution < -0.4 is 4.90 Å². The van der Waals surface area contributed by atoms with E-state index in [1.54, 1.807) is 12.1 Å². The molecule has 0 radical (unpaired) electrons. The Labute approximate surface area is 160 Å². The van der Waals surface area contributed by atoms with Crippen LogP contribution in [-0.4, -0.2) is 10.9 Å². The van der Waals surface area contributed by atoms with Crippen molar-refractivity contribution >= 4 is 22.8 Å². The normalized spacial score (nSPS) is 11.7. The summed E-state index contributed by atoms with van der Waals surface area (Å²) in [4.78, 5) is 13.8. The van der Waals surface area contributed by atoms with Crippen molar-refractivity contribution < 1.29 is 9.90 Å². The average Bonchev–Trinajstić information content (AvgIpc) is 2.70. The molecule has 3 heteroatoms. The summed E-state index contributed by atoms with van der Waals surface area (Å²) >= 11 is 0. The highest BCUT2D eigenvalue weighted by Gasteiger charge is 2.16. The summed E-state index contributed by atoms with van der Waals surface area (Å²) in [6, 6.07) is 24.0. The van der Waals surface area contributed by atoms with Gasteiger partial charge in [-0.1, -0.05) is 54.1 Å². The van der Waals surface area contributed by atoms with Crippen molar-refractivity contribution in [3.05, 3.63) is 102 Å². The number of rotatable bonds is 6. The average molecular weight is 357 g/mol. The highest BCUT2D eigenvalue weighted by molar-refractivity contribution is 5.93. The second-order valence-electron chi connectivity index (χ2n) is 6.61. The molecule has 3 rings (SSSR count). The molecule has 3 aromatic rings. The fraction of sp³-hybridized carbons (Fsp3) is 0.125. The Kier molecular flexibility index (Phi) is 5.53. The SMILES string of the molecule is C=CC(=O)C(O)c1ccc(N(c2ccc(C)cc2)c2ccc(C)cc2)cc1. The van der Waals surface area contributed by atoms with E-state index in [9.17, 15) is 9.90 Å². The molecule has 0 heterocycles. The summed E-state index contributed by atoms with van der Waals surface area (Å²) in [5.41, 5.74) is 5.98. The number of aliphatic hydroxyl groups excluding tert-OH is 1. The number of carbonyl (C=O) groups excluding carboxylic acids is 1. The first-order valence-corrected chi connectivity index (χ1v) is 8.87. The number of hydrogen-bond acceptors (Lipinski definition) is 3. The molecule has 0 bridgehead atoms. The standard InChI is InChI=1S/C24H23NO2/c1-4-23(26)24(27)19-9-15-22(16-10-19)25(20-11-5-17(2)6-12-20)21-13-7-18(3)8-14-21/h4-16,24,27H,1H2,2-3H3. The molecule has 3 aromatic carbocycles. The summed E-state index contributed by atoms with van der Waals surface area (Å²) in [7, 11) is 0. The second-order valence-corrected chi connectivity index (χ2v) is 6.61. The lowest BCUT2D eigenvalue weighted by Crippen LogP contribution is -2.11. The predicted molar refractivity (Wildman–Crippen MR) is 111 cm³/mol. The largest absolute Gasteiger partial charge is 0.380 e. The number of benzene rings is 3. The van der Waals surface area contributed by atoms with Crippen molar-refractivity contribution in [3.63, 3.8) is 0 Å². The van der Waals surface area contributed by atoms with Gasteiger partial charge in [-0.3, -0.25) is 4.79 Å². The van der Waals surface area contributed by atoms with Crippen LogP contribution in [-0.2, 0) is 4.79 Å². The van der Waals surface area contributed by atoms with Crippen LogP contribution in [0.4, 0.5) is 17.1 Å². The molecule has 0 fully saturated rings. The number of nitrogens with zero attached hydrogens (tertiary/aromatic N) is 1. The Balaban J connectivity index is 2.02. The maximum atomic E-state index is 11.7. The third-order valence-corrected chi connectivity index (χ3v) is 4.52. The van der Waals surface area contributed by atoms with E-state index in [0.29, 0.717) is 5.56 Å². The number of ketones is 1. The Morgan fingerprint density at radius 3 is 1.56 bits per heavy atom. The summed E-state index contributed by atoms with van der Waals surface area (Å²) in [6.45, 7) is 7.55. The van der Waals surface area contributed by atoms with Gasteiger partial charge in [-0.15, -0.1) is 0 Å². The van der Waals surface area contributed by atoms with Crippen LogP contribution in [0, 0.1) is 13.8 Å². The molecular formula is C24H23NO2. The first-order valence-electron chi connectivity index (χ1n) is 8.87. The number of anilines is 3. The maximum Gasteiger partial charge on any atom is 0.188 e. The lowest BCUT2D eigenvalue weighted by molar-refractivity contribution is -0.122. The third-order valence-electron chi connectivity index (χ3n) is 4.52. The first-order chi connectivity index (χ1) is 13.0. The molecule has 3 nitrogen and oxygen atoms in total. The van der Waals surface area contributed by atoms with Crippen molar-refractivity contribution in [3.8, 4) is 0 Å². The number of aryl methyl sites for hydroxylation is 2. The molecule has 1 N–H and O–H groups in total. The highest BCUT2D eigenvalue weighted by atomic mass is 16.3. The minimum atomic E-state index is -1.18. The Morgan fingerprint density at radius 1 is 0.815 bits per heavy atom. The van der Waals surface area contributed by atoms with Gasteiger partial charge in [0, 0.05) is 17.1 Å². The van der Waals surface area contributed by atoms with E-state index in [1.165, 1.54) is 11.1 Å². The molecule has 1 atom stereocenters. The molecular weight excluding hydrogens is 334 g/mol. The van der Waals surface area contributed by atoms with Gasteiger partial charge in [0.05, 0.1) is 0 Å². The minimum absolute atomic E-state index is 0.406. The van der Waals surface area contributed by atoms with Crippen LogP contribution in [0.3, 0.4) is 0 Å². The third kappa shape index (κ3) is 4.15. The van der Waals surface area contributed by atoms with Gasteiger partial charge in [0.15, 0.2) is 5.78 Å². The Hall–Kier alpha value is -3.17. The van der Waals surface area contributed by atoms with Gasteiger partial charge in [-0.25, -0.2) is 0 Å². The van der Waals surface area contributed by atoms with E-state index in [4.69, 9.17) is 0 Å². The molecule has 136 valence electrons. The van der Waals surface area contributed by atoms with Crippen molar-refractivity contribution in [2.45, 2.75) is 20.0 Å². The van der Waals surface area contributed by atoms with Crippen molar-refractivity contribution in [2.75, 3.05) is 4.90 Å². The predicted octanol–water partition coefficient (Wildman–Crippen LogP) is 5.56. The van der Waals surface area contributed by atoms with E-state index in [-0.39, 0.29) is 0 Å². The highest BCUT2D eigenvalue weighted by Crippen LogP contribution is 2.35. The van der Waals surface area contributed by atoms with Crippen LogP contribution in [0.5, 0.6) is 0 Å². The van der Waals surface area contributed by atoms with E-state index in [0.717, 1.165) is 23.1 Å². The Morgan fingerprint density at radius 2 is 1.19 bits per heavy atom. The van der Waals surface area contributed by atoms with E-state index in [2.05, 4.69) is 73.9 Å². The van der Waals surface area contributed by atoms with Crippen LogP contribution >= 0.6 is 0 Å². The van der Waals surface area contributed by atoms with Gasteiger partial charge in [-0.2, -0.15) is 0 Å². The zero-order valence-corrected chi connectivity index (χ0v) is 15.6. The van der Waals surface area contributed by atoms with E-state index in [1.807, 2.05) is 12.1 Å². The molecule has 0 aromatic heterocycles. The van der Waals surface area contributed by atoms with Gasteiger partial charge < -0.3 is 10.0 Å². The van der Waals surface area contributed by atoms with Crippen LogP contribution in [0.2, 0.25) is 0 Å². The fourth-order valence-electron chi connectivity index (χ4n) is 2.92. The summed E-state index contributed by atoms with van der Waals surface area (Å²) in [5.74, 6) is -0.406. The quantitative estimate of drug-likeness (QED) is 0.587. The van der Waals surface area contributed by atoms with Gasteiger partial charge >= 0.3 is 0 Å². The minimum Gasteiger partial charge on any atom is -0.380 e. The van der Waals surface area contributed by atoms with Crippen LogP contribution in [0.25, 0.3) is 0 Å². The van der Waals surface area contributed by atoms with Gasteiger partial charge in [-0.05, 0) is 61.9 Å². The zero-order valence-electron chi connectivity index (χ0n) is 15.6. The maximum absolute atomic E-state index is 11.7. The summed E-state index contributed by atoms with van der Waals surface area (Å²) < 4.78 is 0. The molecule has 0 saturated heterocycles. The molecule has 27 heavy (non-hydrogen) atoms. The summed E-state index contributed by atoms with van der Waals surface area (Å²) in [6.07, 6.45) is -0.0347. The molecule has 0 spiro atoms. The first kappa shape index (κ1) is 18.6. The van der Waals surface area contributed by atoms with Crippen molar-refractivity contribution in [1.82, 2.24) is 0 Å². The molecule has 0 aliphatic carbocycles. The van der Waals surface area contributed by atoms with Crippen molar-refractivity contribution in [2.24, 2.45) is 0 Å². The molecule has 0 aliphatic heterocycles. The smallest absolute Gasteiger partial charge is 0.188 e. The van der Waals surface area contributed by atoms with Gasteiger partial charge in [0.25, 0.3) is 0 Å². The van der Waals surface area contributed by atoms with E-state index >= 15 is 0 Å². The monoisotopic (exact) mass is 357 g/mol. The topological polar surface area (TPSA) is 40.5 Å². The molecule has 0 aliphatic rings. The zero-order chi connectivity index (χ0) is 19.4. The molecule has 0 saturated carbocycles. The lowest BCUT2D eigenvalue weighted by Gasteiger charge is -2.26. The van der Waals surface area contributed by atoms with Crippen LogP contribution in [0.15, 0.2) is 85.5 Å². The summed E-state index contributed by atoms with van der Waals surface area (Å²) in [5, 5.41) is 10.1. The lowest BCUT2D eigenvalue weighted by atomic mass is 10.0. The van der Waals surface area contributed by atoms with Gasteiger partial charge in [0.2, 0.25) is 0 Å². The molecule has 1 unspecified atom stereocenters. The number of hydrogen-bond donors (Lipinski definition) is 1. The second kappa shape index (κ2) is 8.02. The Bertz CT molecular complexity index is 880.